The second-order valence-corrected chi connectivity index (χ2v) is 11.7. The van der Waals surface area contributed by atoms with Gasteiger partial charge in [-0.1, -0.05) is 24.3 Å². The Hall–Kier alpha value is -5.66. The van der Waals surface area contributed by atoms with Crippen LogP contribution >= 0.6 is 0 Å². The van der Waals surface area contributed by atoms with Gasteiger partial charge in [-0.15, -0.1) is 0 Å². The summed E-state index contributed by atoms with van der Waals surface area (Å²) in [5.74, 6) is -1.68. The number of carbonyl (C=O) groups is 1. The van der Waals surface area contributed by atoms with Crippen LogP contribution in [0.1, 0.15) is 47.8 Å². The van der Waals surface area contributed by atoms with Gasteiger partial charge >= 0.3 is 11.9 Å². The molecule has 14 heteroatoms. The zero-order valence-corrected chi connectivity index (χ0v) is 24.9. The van der Waals surface area contributed by atoms with E-state index in [-0.39, 0.29) is 28.5 Å². The van der Waals surface area contributed by atoms with E-state index in [2.05, 4.69) is 15.3 Å². The van der Waals surface area contributed by atoms with Crippen molar-refractivity contribution in [1.82, 2.24) is 28.8 Å². The molecule has 1 saturated carbocycles. The van der Waals surface area contributed by atoms with Gasteiger partial charge < -0.3 is 9.72 Å². The van der Waals surface area contributed by atoms with Crippen molar-refractivity contribution in [2.45, 2.75) is 43.9 Å². The van der Waals surface area contributed by atoms with E-state index >= 15 is 0 Å². The first-order chi connectivity index (χ1) is 23.0. The number of pyridine rings is 2. The van der Waals surface area contributed by atoms with Gasteiger partial charge in [0.2, 0.25) is 0 Å². The lowest BCUT2D eigenvalue weighted by Gasteiger charge is -2.30. The first-order valence-electron chi connectivity index (χ1n) is 15.0. The maximum atomic E-state index is 14.4. The van der Waals surface area contributed by atoms with Gasteiger partial charge in [-0.2, -0.15) is 13.2 Å². The number of nitrogens with zero attached hydrogens (tertiary/aromatic N) is 5. The second-order valence-electron chi connectivity index (χ2n) is 11.7. The standard InChI is InChI=1S/C34H25F5N6O3/c35-22-8-13-29-42-28(18-43(29)17-22)31(46)41-24-9-11-25(12-10-24)45-32(47)27-15-23(36)16-40-30(27)44(33(45)48)26-3-1-2-20(14-26)19-4-6-21(7-5-19)34(37,38)39/h1-8,13-18,24-25H,9-12H2,(H,41,46). The molecule has 2 aromatic carbocycles. The number of halogens is 5. The normalized spacial score (nSPS) is 16.8. The van der Waals surface area contributed by atoms with Crippen molar-refractivity contribution < 1.29 is 26.7 Å². The number of nitrogens with one attached hydrogen (secondary N) is 1. The molecule has 4 aromatic heterocycles. The van der Waals surface area contributed by atoms with Crippen LogP contribution in [0.5, 0.6) is 0 Å². The van der Waals surface area contributed by atoms with E-state index in [1.54, 1.807) is 24.3 Å². The lowest BCUT2D eigenvalue weighted by Crippen LogP contribution is -2.45. The summed E-state index contributed by atoms with van der Waals surface area (Å²) < 4.78 is 71.0. The van der Waals surface area contributed by atoms with E-state index in [9.17, 15) is 36.3 Å². The molecule has 6 aromatic rings. The van der Waals surface area contributed by atoms with Gasteiger partial charge in [0.15, 0.2) is 5.65 Å². The molecule has 1 N–H and O–H groups in total. The zero-order chi connectivity index (χ0) is 33.7. The van der Waals surface area contributed by atoms with Crippen molar-refractivity contribution in [1.29, 1.82) is 0 Å². The lowest BCUT2D eigenvalue weighted by atomic mass is 9.90. The topological polar surface area (TPSA) is 103 Å². The molecule has 0 saturated heterocycles. The largest absolute Gasteiger partial charge is 0.416 e. The van der Waals surface area contributed by atoms with Gasteiger partial charge in [-0.25, -0.2) is 28.1 Å². The summed E-state index contributed by atoms with van der Waals surface area (Å²) in [5.41, 5.74) is -0.508. The third-order valence-corrected chi connectivity index (χ3v) is 8.59. The Morgan fingerprint density at radius 1 is 0.854 bits per heavy atom. The Balaban J connectivity index is 1.19. The number of alkyl halides is 3. The Morgan fingerprint density at radius 2 is 1.60 bits per heavy atom. The molecule has 0 spiro atoms. The van der Waals surface area contributed by atoms with Crippen molar-refractivity contribution in [3.05, 3.63) is 129 Å². The summed E-state index contributed by atoms with van der Waals surface area (Å²) in [6.45, 7) is 0. The number of amides is 1. The molecule has 1 aliphatic rings. The van der Waals surface area contributed by atoms with Crippen molar-refractivity contribution in [3.8, 4) is 16.8 Å². The first-order valence-corrected chi connectivity index (χ1v) is 15.0. The number of fused-ring (bicyclic) bond motifs is 2. The van der Waals surface area contributed by atoms with E-state index in [1.165, 1.54) is 45.6 Å². The van der Waals surface area contributed by atoms with Crippen LogP contribution in [0.2, 0.25) is 0 Å². The van der Waals surface area contributed by atoms with Crippen LogP contribution in [-0.4, -0.2) is 35.5 Å². The fourth-order valence-corrected chi connectivity index (χ4v) is 6.23. The highest BCUT2D eigenvalue weighted by Crippen LogP contribution is 2.32. The summed E-state index contributed by atoms with van der Waals surface area (Å²) in [5, 5.41) is 2.80. The molecule has 1 amide bonds. The maximum Gasteiger partial charge on any atom is 0.416 e. The van der Waals surface area contributed by atoms with Crippen LogP contribution < -0.4 is 16.6 Å². The molecule has 48 heavy (non-hydrogen) atoms. The Bertz CT molecular complexity index is 2320. The van der Waals surface area contributed by atoms with E-state index in [1.807, 2.05) is 0 Å². The van der Waals surface area contributed by atoms with E-state index in [0.29, 0.717) is 42.5 Å². The van der Waals surface area contributed by atoms with Crippen molar-refractivity contribution in [2.75, 3.05) is 0 Å². The minimum Gasteiger partial charge on any atom is -0.348 e. The number of hydrogen-bond donors (Lipinski definition) is 1. The Morgan fingerprint density at radius 3 is 2.33 bits per heavy atom. The van der Waals surface area contributed by atoms with E-state index in [0.717, 1.165) is 29.0 Å². The zero-order valence-electron chi connectivity index (χ0n) is 24.9. The highest BCUT2D eigenvalue weighted by molar-refractivity contribution is 5.93. The highest BCUT2D eigenvalue weighted by Gasteiger charge is 2.31. The van der Waals surface area contributed by atoms with Gasteiger partial charge in [0, 0.05) is 24.5 Å². The van der Waals surface area contributed by atoms with Crippen LogP contribution in [0.25, 0.3) is 33.5 Å². The second kappa shape index (κ2) is 11.9. The summed E-state index contributed by atoms with van der Waals surface area (Å²) >= 11 is 0. The molecular formula is C34H25F5N6O3. The molecule has 0 radical (unpaired) electrons. The molecule has 0 unspecified atom stereocenters. The Kier molecular flexibility index (Phi) is 7.65. The lowest BCUT2D eigenvalue weighted by molar-refractivity contribution is -0.137. The van der Waals surface area contributed by atoms with Crippen LogP contribution in [0, 0.1) is 11.6 Å². The highest BCUT2D eigenvalue weighted by atomic mass is 19.4. The van der Waals surface area contributed by atoms with Crippen molar-refractivity contribution in [3.63, 3.8) is 0 Å². The summed E-state index contributed by atoms with van der Waals surface area (Å²) in [7, 11) is 0. The van der Waals surface area contributed by atoms with Crippen LogP contribution in [0.15, 0.2) is 94.9 Å². The SMILES string of the molecule is O=C(NC1CCC(n2c(=O)c3cc(F)cnc3n(-c3cccc(-c4ccc(C(F)(F)F)cc4)c3)c2=O)CC1)c1cn2cc(F)ccc2n1. The third kappa shape index (κ3) is 5.73. The van der Waals surface area contributed by atoms with Gasteiger partial charge in [0.25, 0.3) is 11.5 Å². The van der Waals surface area contributed by atoms with Crippen LogP contribution in [-0.2, 0) is 6.18 Å². The predicted molar refractivity (Wildman–Crippen MR) is 166 cm³/mol. The van der Waals surface area contributed by atoms with Crippen LogP contribution in [0.4, 0.5) is 22.0 Å². The smallest absolute Gasteiger partial charge is 0.348 e. The molecule has 1 aliphatic carbocycles. The number of rotatable bonds is 5. The Labute approximate surface area is 267 Å². The van der Waals surface area contributed by atoms with Gasteiger partial charge in [0.1, 0.15) is 23.0 Å². The average molecular weight is 661 g/mol. The molecule has 244 valence electrons. The number of benzene rings is 2. The molecule has 4 heterocycles. The predicted octanol–water partition coefficient (Wildman–Crippen LogP) is 6.07. The molecule has 0 aliphatic heterocycles. The summed E-state index contributed by atoms with van der Waals surface area (Å²) in [6.07, 6.45) is 0.575. The number of hydrogen-bond acceptors (Lipinski definition) is 5. The van der Waals surface area contributed by atoms with Gasteiger partial charge in [-0.05, 0) is 79.3 Å². The van der Waals surface area contributed by atoms with E-state index < -0.39 is 46.6 Å². The molecule has 9 nitrogen and oxygen atoms in total. The fraction of sp³-hybridized carbons (Fsp3) is 0.206. The van der Waals surface area contributed by atoms with Crippen molar-refractivity contribution in [2.24, 2.45) is 0 Å². The molecule has 7 rings (SSSR count). The van der Waals surface area contributed by atoms with Gasteiger partial charge in [-0.3, -0.25) is 14.2 Å². The molecule has 1 fully saturated rings. The number of carbonyl (C=O) groups excluding carboxylic acids is 1. The molecule has 0 atom stereocenters. The first kappa shape index (κ1) is 31.0. The molecular weight excluding hydrogens is 635 g/mol. The minimum absolute atomic E-state index is 0.0690. The minimum atomic E-state index is -4.50. The average Bonchev–Trinajstić information content (AvgIpc) is 3.49. The number of imidazole rings is 1. The fourth-order valence-electron chi connectivity index (χ4n) is 6.23. The summed E-state index contributed by atoms with van der Waals surface area (Å²) in [6, 6.07) is 13.9. The quantitative estimate of drug-likeness (QED) is 0.226. The monoisotopic (exact) mass is 660 g/mol. The number of aromatic nitrogens is 5. The van der Waals surface area contributed by atoms with Crippen molar-refractivity contribution >= 4 is 22.6 Å². The maximum absolute atomic E-state index is 14.4. The third-order valence-electron chi connectivity index (χ3n) is 8.59. The summed E-state index contributed by atoms with van der Waals surface area (Å²) in [4.78, 5) is 49.0. The van der Waals surface area contributed by atoms with Gasteiger partial charge in [0.05, 0.1) is 22.8 Å². The van der Waals surface area contributed by atoms with Crippen LogP contribution in [0.3, 0.4) is 0 Å². The van der Waals surface area contributed by atoms with E-state index in [4.69, 9.17) is 0 Å². The molecule has 0 bridgehead atoms.